The third-order valence-corrected chi connectivity index (χ3v) is 6.62. The lowest BCUT2D eigenvalue weighted by Gasteiger charge is -2.39. The maximum Gasteiger partial charge on any atom is 0.387 e. The number of hydrogen-bond donors (Lipinski definition) is 0. The van der Waals surface area contributed by atoms with Gasteiger partial charge in [-0.3, -0.25) is 14.4 Å². The van der Waals surface area contributed by atoms with E-state index in [9.17, 15) is 23.2 Å². The van der Waals surface area contributed by atoms with Gasteiger partial charge in [0.05, 0.1) is 11.5 Å². The SMILES string of the molecule is CC(=O)c1ccc(N2CCN(C(=O)C3CCCN(C(=O)c4ccccc4OC(F)F)C3)CC2)cc1. The Bertz CT molecular complexity index is 1070. The van der Waals surface area contributed by atoms with Gasteiger partial charge in [0, 0.05) is 50.5 Å². The Morgan fingerprint density at radius 3 is 2.26 bits per heavy atom. The quantitative estimate of drug-likeness (QED) is 0.584. The number of piperidine rings is 1. The fourth-order valence-electron chi connectivity index (χ4n) is 4.73. The summed E-state index contributed by atoms with van der Waals surface area (Å²) in [5, 5.41) is 0. The largest absolute Gasteiger partial charge is 0.434 e. The first-order valence-electron chi connectivity index (χ1n) is 11.8. The molecule has 0 aliphatic carbocycles. The second kappa shape index (κ2) is 10.8. The lowest BCUT2D eigenvalue weighted by Crippen LogP contribution is -2.53. The van der Waals surface area contributed by atoms with Gasteiger partial charge < -0.3 is 19.4 Å². The van der Waals surface area contributed by atoms with Crippen LogP contribution in [0.25, 0.3) is 0 Å². The number of amides is 2. The van der Waals surface area contributed by atoms with E-state index in [0.29, 0.717) is 51.1 Å². The lowest BCUT2D eigenvalue weighted by atomic mass is 9.95. The predicted molar refractivity (Wildman–Crippen MR) is 127 cm³/mol. The number of piperazine rings is 1. The van der Waals surface area contributed by atoms with Crippen LogP contribution in [-0.4, -0.2) is 73.3 Å². The van der Waals surface area contributed by atoms with Gasteiger partial charge in [-0.2, -0.15) is 8.78 Å². The number of benzene rings is 2. The number of likely N-dealkylation sites (tertiary alicyclic amines) is 1. The van der Waals surface area contributed by atoms with Crippen LogP contribution in [0.1, 0.15) is 40.5 Å². The molecular formula is C26H29F2N3O4. The van der Waals surface area contributed by atoms with E-state index >= 15 is 0 Å². The summed E-state index contributed by atoms with van der Waals surface area (Å²) < 4.78 is 30.0. The third kappa shape index (κ3) is 5.78. The fraction of sp³-hybridized carbons (Fsp3) is 0.423. The highest BCUT2D eigenvalue weighted by Gasteiger charge is 2.33. The Balaban J connectivity index is 1.35. The number of para-hydroxylation sites is 1. The van der Waals surface area contributed by atoms with E-state index in [1.54, 1.807) is 11.0 Å². The van der Waals surface area contributed by atoms with E-state index in [1.165, 1.54) is 25.1 Å². The van der Waals surface area contributed by atoms with Crippen molar-refractivity contribution in [3.63, 3.8) is 0 Å². The summed E-state index contributed by atoms with van der Waals surface area (Å²) in [5.41, 5.74) is 1.76. The molecule has 186 valence electrons. The van der Waals surface area contributed by atoms with Gasteiger partial charge in [-0.05, 0) is 56.2 Å². The Morgan fingerprint density at radius 2 is 1.60 bits per heavy atom. The molecule has 2 aromatic rings. The van der Waals surface area contributed by atoms with Gasteiger partial charge in [0.25, 0.3) is 5.91 Å². The maximum absolute atomic E-state index is 13.2. The summed E-state index contributed by atoms with van der Waals surface area (Å²) in [7, 11) is 0. The van der Waals surface area contributed by atoms with Crippen molar-refractivity contribution in [3.8, 4) is 5.75 Å². The van der Waals surface area contributed by atoms with E-state index < -0.39 is 12.5 Å². The molecule has 2 aromatic carbocycles. The Kier molecular flexibility index (Phi) is 7.63. The second-order valence-electron chi connectivity index (χ2n) is 8.88. The summed E-state index contributed by atoms with van der Waals surface area (Å²) >= 11 is 0. The smallest absolute Gasteiger partial charge is 0.387 e. The van der Waals surface area contributed by atoms with Crippen molar-refractivity contribution in [2.24, 2.45) is 5.92 Å². The number of carbonyl (C=O) groups excluding carboxylic acids is 3. The minimum Gasteiger partial charge on any atom is -0.434 e. The molecule has 2 fully saturated rings. The zero-order chi connectivity index (χ0) is 24.9. The van der Waals surface area contributed by atoms with Crippen LogP contribution in [0.3, 0.4) is 0 Å². The number of rotatable bonds is 6. The Morgan fingerprint density at radius 1 is 0.914 bits per heavy atom. The summed E-state index contributed by atoms with van der Waals surface area (Å²) in [4.78, 5) is 43.4. The van der Waals surface area contributed by atoms with Crippen molar-refractivity contribution < 1.29 is 27.9 Å². The number of ketones is 1. The van der Waals surface area contributed by atoms with E-state index in [1.807, 2.05) is 29.2 Å². The summed E-state index contributed by atoms with van der Waals surface area (Å²) in [6.45, 7) is 1.74. The zero-order valence-corrected chi connectivity index (χ0v) is 19.7. The fourth-order valence-corrected chi connectivity index (χ4v) is 4.73. The van der Waals surface area contributed by atoms with Gasteiger partial charge in [0.15, 0.2) is 5.78 Å². The lowest BCUT2D eigenvalue weighted by molar-refractivity contribution is -0.137. The second-order valence-corrected chi connectivity index (χ2v) is 8.88. The molecule has 9 heteroatoms. The van der Waals surface area contributed by atoms with Crippen LogP contribution >= 0.6 is 0 Å². The highest BCUT2D eigenvalue weighted by atomic mass is 19.3. The van der Waals surface area contributed by atoms with Crippen LogP contribution in [0, 0.1) is 5.92 Å². The molecule has 2 aliphatic heterocycles. The minimum absolute atomic E-state index is 0.0196. The minimum atomic E-state index is -3.02. The molecule has 0 saturated carbocycles. The first-order valence-corrected chi connectivity index (χ1v) is 11.8. The van der Waals surface area contributed by atoms with E-state index in [-0.39, 0.29) is 35.5 Å². The van der Waals surface area contributed by atoms with Crippen molar-refractivity contribution in [2.45, 2.75) is 26.4 Å². The predicted octanol–water partition coefficient (Wildman–Crippen LogP) is 3.69. The summed E-state index contributed by atoms with van der Waals surface area (Å²) in [6, 6.07) is 13.4. The molecule has 0 radical (unpaired) electrons. The number of halogens is 2. The molecule has 1 atom stereocenters. The molecule has 0 aromatic heterocycles. The van der Waals surface area contributed by atoms with Gasteiger partial charge in [-0.1, -0.05) is 12.1 Å². The number of alkyl halides is 2. The average molecular weight is 486 g/mol. The molecule has 2 saturated heterocycles. The number of hydrogen-bond acceptors (Lipinski definition) is 5. The van der Waals surface area contributed by atoms with Crippen molar-refractivity contribution >= 4 is 23.3 Å². The molecule has 0 spiro atoms. The molecule has 0 bridgehead atoms. The van der Waals surface area contributed by atoms with Crippen LogP contribution < -0.4 is 9.64 Å². The number of anilines is 1. The van der Waals surface area contributed by atoms with Crippen LogP contribution in [0.2, 0.25) is 0 Å². The first kappa shape index (κ1) is 24.6. The molecule has 2 heterocycles. The first-order chi connectivity index (χ1) is 16.8. The van der Waals surface area contributed by atoms with Crippen LogP contribution in [0.4, 0.5) is 14.5 Å². The zero-order valence-electron chi connectivity index (χ0n) is 19.7. The van der Waals surface area contributed by atoms with Gasteiger partial charge in [-0.25, -0.2) is 0 Å². The molecule has 4 rings (SSSR count). The van der Waals surface area contributed by atoms with Crippen LogP contribution in [0.5, 0.6) is 5.75 Å². The maximum atomic E-state index is 13.2. The van der Waals surface area contributed by atoms with Gasteiger partial charge >= 0.3 is 6.61 Å². The Hall–Kier alpha value is -3.49. The normalized spacial score (nSPS) is 18.5. The summed E-state index contributed by atoms with van der Waals surface area (Å²) in [5.74, 6) is -0.841. The molecule has 2 aliphatic rings. The number of nitrogens with zero attached hydrogens (tertiary/aromatic N) is 3. The molecule has 1 unspecified atom stereocenters. The molecule has 35 heavy (non-hydrogen) atoms. The van der Waals surface area contributed by atoms with Crippen molar-refractivity contribution in [3.05, 3.63) is 59.7 Å². The summed E-state index contributed by atoms with van der Waals surface area (Å²) in [6.07, 6.45) is 1.35. The third-order valence-electron chi connectivity index (χ3n) is 6.62. The van der Waals surface area contributed by atoms with Gasteiger partial charge in [0.2, 0.25) is 5.91 Å². The van der Waals surface area contributed by atoms with E-state index in [2.05, 4.69) is 9.64 Å². The topological polar surface area (TPSA) is 70.2 Å². The van der Waals surface area contributed by atoms with E-state index in [0.717, 1.165) is 5.69 Å². The monoisotopic (exact) mass is 485 g/mol. The van der Waals surface area contributed by atoms with Crippen molar-refractivity contribution in [2.75, 3.05) is 44.2 Å². The molecule has 2 amide bonds. The van der Waals surface area contributed by atoms with Crippen molar-refractivity contribution in [1.82, 2.24) is 9.80 Å². The number of ether oxygens (including phenoxy) is 1. The molecular weight excluding hydrogens is 456 g/mol. The van der Waals surface area contributed by atoms with Gasteiger partial charge in [-0.15, -0.1) is 0 Å². The number of Topliss-reactive ketones (excluding diaryl/α,β-unsaturated/α-hetero) is 1. The van der Waals surface area contributed by atoms with Crippen molar-refractivity contribution in [1.29, 1.82) is 0 Å². The van der Waals surface area contributed by atoms with Crippen LogP contribution in [-0.2, 0) is 4.79 Å². The standard InChI is InChI=1S/C26H29F2N3O4/c1-18(32)19-8-10-21(11-9-19)29-13-15-30(16-14-29)24(33)20-5-4-12-31(17-20)25(34)22-6-2-3-7-23(22)35-26(27)28/h2-3,6-11,20,26H,4-5,12-17H2,1H3. The highest BCUT2D eigenvalue weighted by molar-refractivity contribution is 5.97. The Labute approximate surface area is 203 Å². The van der Waals surface area contributed by atoms with Gasteiger partial charge in [0.1, 0.15) is 5.75 Å². The molecule has 0 N–H and O–H groups in total. The van der Waals surface area contributed by atoms with E-state index in [4.69, 9.17) is 0 Å². The number of carbonyl (C=O) groups is 3. The van der Waals surface area contributed by atoms with Crippen LogP contribution in [0.15, 0.2) is 48.5 Å². The highest BCUT2D eigenvalue weighted by Crippen LogP contribution is 2.26. The molecule has 7 nitrogen and oxygen atoms in total. The average Bonchev–Trinajstić information content (AvgIpc) is 2.88.